The Labute approximate surface area is 122 Å². The van der Waals surface area contributed by atoms with Crippen LogP contribution < -0.4 is 4.74 Å². The van der Waals surface area contributed by atoms with Crippen LogP contribution in [0.1, 0.15) is 46.1 Å². The zero-order chi connectivity index (χ0) is 15.0. The average Bonchev–Trinajstić information content (AvgIpc) is 2.43. The Kier molecular flexibility index (Phi) is 7.03. The van der Waals surface area contributed by atoms with Crippen molar-refractivity contribution in [3.05, 3.63) is 29.8 Å². The highest BCUT2D eigenvalue weighted by atomic mass is 16.5. The normalized spacial score (nSPS) is 13.2. The van der Waals surface area contributed by atoms with Crippen molar-refractivity contribution in [2.45, 2.75) is 52.1 Å². The van der Waals surface area contributed by atoms with Crippen LogP contribution in [0.5, 0.6) is 5.75 Å². The lowest BCUT2D eigenvalue weighted by Gasteiger charge is -2.23. The number of benzene rings is 1. The molecule has 1 aromatic rings. The van der Waals surface area contributed by atoms with E-state index in [-0.39, 0.29) is 11.5 Å². The lowest BCUT2D eigenvalue weighted by Crippen LogP contribution is -2.15. The van der Waals surface area contributed by atoms with E-state index in [1.807, 2.05) is 12.1 Å². The number of aliphatic hydroxyl groups is 1. The molecule has 114 valence electrons. The molecule has 0 aliphatic carbocycles. The van der Waals surface area contributed by atoms with Crippen LogP contribution in [0.4, 0.5) is 0 Å². The third-order valence-corrected chi connectivity index (χ3v) is 3.70. The summed E-state index contributed by atoms with van der Waals surface area (Å²) in [5, 5.41) is 9.09. The molecule has 1 N–H and O–H groups in total. The second-order valence-corrected chi connectivity index (χ2v) is 5.86. The fourth-order valence-electron chi connectivity index (χ4n) is 1.78. The minimum absolute atomic E-state index is 0.211. The number of rotatable bonds is 9. The second kappa shape index (κ2) is 8.28. The smallest absolute Gasteiger partial charge is 0.119 e. The van der Waals surface area contributed by atoms with E-state index in [2.05, 4.69) is 32.9 Å². The van der Waals surface area contributed by atoms with Crippen molar-refractivity contribution in [3.8, 4) is 5.75 Å². The Morgan fingerprint density at radius 2 is 1.75 bits per heavy atom. The van der Waals surface area contributed by atoms with Gasteiger partial charge in [0.15, 0.2) is 0 Å². The van der Waals surface area contributed by atoms with Crippen LogP contribution in [0.15, 0.2) is 24.3 Å². The molecule has 0 amide bonds. The Hall–Kier alpha value is -1.06. The van der Waals surface area contributed by atoms with Crippen LogP contribution in [-0.2, 0) is 10.2 Å². The topological polar surface area (TPSA) is 38.7 Å². The molecule has 3 heteroatoms. The third-order valence-electron chi connectivity index (χ3n) is 3.70. The van der Waals surface area contributed by atoms with E-state index in [0.717, 1.165) is 12.2 Å². The first-order chi connectivity index (χ1) is 9.45. The van der Waals surface area contributed by atoms with Crippen molar-refractivity contribution in [2.75, 3.05) is 19.8 Å². The third kappa shape index (κ3) is 5.93. The molecule has 1 atom stereocenters. The summed E-state index contributed by atoms with van der Waals surface area (Å²) in [5.41, 5.74) is 1.54. The summed E-state index contributed by atoms with van der Waals surface area (Å²) < 4.78 is 11.0. The zero-order valence-electron chi connectivity index (χ0n) is 13.2. The van der Waals surface area contributed by atoms with Gasteiger partial charge in [-0.2, -0.15) is 0 Å². The summed E-state index contributed by atoms with van der Waals surface area (Å²) in [4.78, 5) is 0. The van der Waals surface area contributed by atoms with E-state index >= 15 is 0 Å². The first-order valence-electron chi connectivity index (χ1n) is 7.45. The van der Waals surface area contributed by atoms with E-state index in [1.54, 1.807) is 6.92 Å². The summed E-state index contributed by atoms with van der Waals surface area (Å²) in [6, 6.07) is 8.30. The van der Waals surface area contributed by atoms with Crippen molar-refractivity contribution in [1.82, 2.24) is 0 Å². The molecule has 1 unspecified atom stereocenters. The van der Waals surface area contributed by atoms with Crippen LogP contribution in [0.25, 0.3) is 0 Å². The summed E-state index contributed by atoms with van der Waals surface area (Å²) in [6.45, 7) is 10.1. The molecule has 0 radical (unpaired) electrons. The molecule has 0 aromatic heterocycles. The molecule has 0 saturated carbocycles. The Bertz CT molecular complexity index is 368. The summed E-state index contributed by atoms with van der Waals surface area (Å²) in [5.74, 6) is 0.875. The molecule has 20 heavy (non-hydrogen) atoms. The van der Waals surface area contributed by atoms with E-state index in [9.17, 15) is 0 Å². The summed E-state index contributed by atoms with van der Waals surface area (Å²) in [6.07, 6.45) is 1.48. The maximum Gasteiger partial charge on any atom is 0.119 e. The Morgan fingerprint density at radius 1 is 1.10 bits per heavy atom. The quantitative estimate of drug-likeness (QED) is 0.703. The zero-order valence-corrected chi connectivity index (χ0v) is 13.2. The van der Waals surface area contributed by atoms with Crippen molar-refractivity contribution in [1.29, 1.82) is 0 Å². The Balaban J connectivity index is 2.28. The van der Waals surface area contributed by atoms with Gasteiger partial charge in [0.2, 0.25) is 0 Å². The minimum Gasteiger partial charge on any atom is -0.491 e. The predicted molar refractivity (Wildman–Crippen MR) is 82.4 cm³/mol. The van der Waals surface area contributed by atoms with Gasteiger partial charge < -0.3 is 14.6 Å². The van der Waals surface area contributed by atoms with E-state index in [0.29, 0.717) is 26.2 Å². The van der Waals surface area contributed by atoms with Crippen molar-refractivity contribution in [3.63, 3.8) is 0 Å². The van der Waals surface area contributed by atoms with Crippen molar-refractivity contribution >= 4 is 0 Å². The van der Waals surface area contributed by atoms with Gasteiger partial charge in [-0.1, -0.05) is 32.9 Å². The van der Waals surface area contributed by atoms with Crippen LogP contribution in [-0.4, -0.2) is 31.0 Å². The number of ether oxygens (including phenoxy) is 2. The fourth-order valence-corrected chi connectivity index (χ4v) is 1.78. The molecule has 3 nitrogen and oxygen atoms in total. The second-order valence-electron chi connectivity index (χ2n) is 5.86. The SMILES string of the molecule is CCC(C)(C)c1ccc(OCCOCCC(C)O)cc1. The standard InChI is InChI=1S/C17H28O3/c1-5-17(3,4)15-6-8-16(9-7-15)20-13-12-19-11-10-14(2)18/h6-9,14,18H,5,10-13H2,1-4H3. The number of aliphatic hydroxyl groups excluding tert-OH is 1. The molecule has 1 rings (SSSR count). The van der Waals surface area contributed by atoms with Crippen LogP contribution in [0.3, 0.4) is 0 Å². The van der Waals surface area contributed by atoms with Crippen molar-refractivity contribution < 1.29 is 14.6 Å². The average molecular weight is 280 g/mol. The van der Waals surface area contributed by atoms with Gasteiger partial charge in [-0.25, -0.2) is 0 Å². The van der Waals surface area contributed by atoms with Gasteiger partial charge in [0, 0.05) is 6.61 Å². The molecule has 0 aliphatic rings. The van der Waals surface area contributed by atoms with Crippen LogP contribution in [0.2, 0.25) is 0 Å². The lowest BCUT2D eigenvalue weighted by molar-refractivity contribution is 0.0704. The molecule has 0 bridgehead atoms. The lowest BCUT2D eigenvalue weighted by atomic mass is 9.82. The van der Waals surface area contributed by atoms with E-state index in [1.165, 1.54) is 5.56 Å². The van der Waals surface area contributed by atoms with Gasteiger partial charge in [-0.15, -0.1) is 0 Å². The van der Waals surface area contributed by atoms with Gasteiger partial charge in [-0.05, 0) is 42.9 Å². The molecule has 0 aliphatic heterocycles. The molecule has 1 aromatic carbocycles. The predicted octanol–water partition coefficient (Wildman–Crippen LogP) is 3.54. The number of hydrogen-bond acceptors (Lipinski definition) is 3. The van der Waals surface area contributed by atoms with Gasteiger partial charge in [0.25, 0.3) is 0 Å². The first kappa shape index (κ1) is 17.0. The maximum atomic E-state index is 9.09. The molecular formula is C17H28O3. The van der Waals surface area contributed by atoms with Gasteiger partial charge in [0.1, 0.15) is 12.4 Å². The van der Waals surface area contributed by atoms with Gasteiger partial charge in [0.05, 0.1) is 12.7 Å². The Morgan fingerprint density at radius 3 is 2.30 bits per heavy atom. The molecule has 0 heterocycles. The van der Waals surface area contributed by atoms with Gasteiger partial charge in [-0.3, -0.25) is 0 Å². The minimum atomic E-state index is -0.301. The van der Waals surface area contributed by atoms with Crippen LogP contribution >= 0.6 is 0 Å². The van der Waals surface area contributed by atoms with E-state index in [4.69, 9.17) is 14.6 Å². The van der Waals surface area contributed by atoms with Crippen molar-refractivity contribution in [2.24, 2.45) is 0 Å². The first-order valence-corrected chi connectivity index (χ1v) is 7.45. The van der Waals surface area contributed by atoms with E-state index < -0.39 is 0 Å². The summed E-state index contributed by atoms with van der Waals surface area (Å²) >= 11 is 0. The fraction of sp³-hybridized carbons (Fsp3) is 0.647. The number of hydrogen-bond donors (Lipinski definition) is 1. The van der Waals surface area contributed by atoms with Gasteiger partial charge >= 0.3 is 0 Å². The highest BCUT2D eigenvalue weighted by molar-refractivity contribution is 5.31. The largest absolute Gasteiger partial charge is 0.491 e. The van der Waals surface area contributed by atoms with Crippen LogP contribution in [0, 0.1) is 0 Å². The summed E-state index contributed by atoms with van der Waals surface area (Å²) in [7, 11) is 0. The highest BCUT2D eigenvalue weighted by Crippen LogP contribution is 2.27. The maximum absolute atomic E-state index is 9.09. The monoisotopic (exact) mass is 280 g/mol. The molecular weight excluding hydrogens is 252 g/mol. The molecule has 0 spiro atoms. The molecule has 0 saturated heterocycles. The highest BCUT2D eigenvalue weighted by Gasteiger charge is 2.17. The molecule has 0 fully saturated rings.